The highest BCUT2D eigenvalue weighted by Crippen LogP contribution is 2.31. The van der Waals surface area contributed by atoms with E-state index in [1.807, 2.05) is 6.07 Å². The average molecular weight is 217 g/mol. The Morgan fingerprint density at radius 2 is 2.31 bits per heavy atom. The first-order chi connectivity index (χ1) is 7.81. The van der Waals surface area contributed by atoms with Crippen molar-refractivity contribution in [2.24, 2.45) is 5.11 Å². The number of hydrogen-bond donors (Lipinski definition) is 0. The molecule has 4 heteroatoms. The third-order valence-electron chi connectivity index (χ3n) is 3.06. The van der Waals surface area contributed by atoms with Gasteiger partial charge in [0.1, 0.15) is 0 Å². The van der Waals surface area contributed by atoms with Gasteiger partial charge in [-0.15, -0.1) is 0 Å². The van der Waals surface area contributed by atoms with E-state index in [2.05, 4.69) is 35.1 Å². The average Bonchev–Trinajstić information content (AvgIpc) is 2.75. The van der Waals surface area contributed by atoms with E-state index in [9.17, 15) is 0 Å². The van der Waals surface area contributed by atoms with Crippen LogP contribution in [0.3, 0.4) is 0 Å². The van der Waals surface area contributed by atoms with Gasteiger partial charge in [0.25, 0.3) is 0 Å². The lowest BCUT2D eigenvalue weighted by Gasteiger charge is -2.11. The Balaban J connectivity index is 2.03. The molecule has 0 radical (unpaired) electrons. The summed E-state index contributed by atoms with van der Waals surface area (Å²) in [5, 5.41) is 3.56. The minimum atomic E-state index is 0.0838. The summed E-state index contributed by atoms with van der Waals surface area (Å²) in [4.78, 5) is 2.76. The molecule has 2 rings (SSSR count). The third kappa shape index (κ3) is 2.35. The Morgan fingerprint density at radius 1 is 1.50 bits per heavy atom. The Bertz CT molecular complexity index is 412. The maximum absolute atomic E-state index is 8.26. The van der Waals surface area contributed by atoms with Crippen molar-refractivity contribution < 1.29 is 4.74 Å². The monoisotopic (exact) mass is 217 g/mol. The van der Waals surface area contributed by atoms with Gasteiger partial charge in [-0.2, -0.15) is 0 Å². The van der Waals surface area contributed by atoms with Crippen LogP contribution in [-0.2, 0) is 4.74 Å². The van der Waals surface area contributed by atoms with Gasteiger partial charge in [0.05, 0.1) is 19.3 Å². The Labute approximate surface area is 94.9 Å². The summed E-state index contributed by atoms with van der Waals surface area (Å²) in [5.41, 5.74) is 10.9. The minimum absolute atomic E-state index is 0.0838. The molecule has 1 aromatic rings. The molecule has 2 atom stereocenters. The lowest BCUT2D eigenvalue weighted by atomic mass is 9.93. The van der Waals surface area contributed by atoms with E-state index in [0.29, 0.717) is 12.5 Å². The molecule has 84 valence electrons. The van der Waals surface area contributed by atoms with Gasteiger partial charge in [-0.05, 0) is 30.0 Å². The number of rotatable bonds is 3. The number of azide groups is 1. The van der Waals surface area contributed by atoms with Crippen molar-refractivity contribution in [2.45, 2.75) is 25.4 Å². The SMILES string of the molecule is Cc1ccccc1[C@@H]1CO[C@H](CN=[N+]=[N-])C1. The summed E-state index contributed by atoms with van der Waals surface area (Å²) in [6.45, 7) is 3.30. The lowest BCUT2D eigenvalue weighted by Crippen LogP contribution is -2.08. The van der Waals surface area contributed by atoms with Crippen LogP contribution < -0.4 is 0 Å². The molecule has 0 N–H and O–H groups in total. The number of nitrogens with zero attached hydrogens (tertiary/aromatic N) is 3. The van der Waals surface area contributed by atoms with E-state index < -0.39 is 0 Å². The highest BCUT2D eigenvalue weighted by Gasteiger charge is 2.26. The fraction of sp³-hybridized carbons (Fsp3) is 0.500. The van der Waals surface area contributed by atoms with Gasteiger partial charge < -0.3 is 4.74 Å². The van der Waals surface area contributed by atoms with Gasteiger partial charge in [-0.25, -0.2) is 0 Å². The fourth-order valence-electron chi connectivity index (χ4n) is 2.22. The molecule has 0 aromatic heterocycles. The summed E-state index contributed by atoms with van der Waals surface area (Å²) < 4.78 is 5.61. The predicted octanol–water partition coefficient (Wildman–Crippen LogP) is 3.18. The molecule has 0 unspecified atom stereocenters. The van der Waals surface area contributed by atoms with E-state index in [0.717, 1.165) is 13.0 Å². The summed E-state index contributed by atoms with van der Waals surface area (Å²) in [7, 11) is 0. The van der Waals surface area contributed by atoms with Gasteiger partial charge >= 0.3 is 0 Å². The lowest BCUT2D eigenvalue weighted by molar-refractivity contribution is 0.116. The van der Waals surface area contributed by atoms with Crippen molar-refractivity contribution in [1.82, 2.24) is 0 Å². The first kappa shape index (κ1) is 11.0. The summed E-state index contributed by atoms with van der Waals surface area (Å²) >= 11 is 0. The number of benzene rings is 1. The van der Waals surface area contributed by atoms with Crippen molar-refractivity contribution in [3.63, 3.8) is 0 Å². The van der Waals surface area contributed by atoms with Crippen LogP contribution in [0, 0.1) is 6.92 Å². The second-order valence-corrected chi connectivity index (χ2v) is 4.16. The van der Waals surface area contributed by atoms with Crippen LogP contribution >= 0.6 is 0 Å². The molecule has 0 amide bonds. The number of ether oxygens (including phenoxy) is 1. The van der Waals surface area contributed by atoms with Crippen LogP contribution in [-0.4, -0.2) is 19.3 Å². The van der Waals surface area contributed by atoms with Crippen LogP contribution in [0.1, 0.15) is 23.5 Å². The van der Waals surface area contributed by atoms with E-state index in [4.69, 9.17) is 10.3 Å². The smallest absolute Gasteiger partial charge is 0.0638 e. The molecule has 1 heterocycles. The number of aryl methyl sites for hydroxylation is 1. The quantitative estimate of drug-likeness (QED) is 0.435. The highest BCUT2D eigenvalue weighted by molar-refractivity contribution is 5.29. The van der Waals surface area contributed by atoms with Gasteiger partial charge in [-0.1, -0.05) is 29.4 Å². The molecule has 0 spiro atoms. The summed E-state index contributed by atoms with van der Waals surface area (Å²) in [6.07, 6.45) is 1.03. The van der Waals surface area contributed by atoms with Crippen LogP contribution in [0.2, 0.25) is 0 Å². The molecule has 1 aliphatic heterocycles. The third-order valence-corrected chi connectivity index (χ3v) is 3.06. The molecule has 0 saturated carbocycles. The maximum atomic E-state index is 8.26. The van der Waals surface area contributed by atoms with Gasteiger partial charge in [0.15, 0.2) is 0 Å². The fourth-order valence-corrected chi connectivity index (χ4v) is 2.22. The standard InChI is InChI=1S/C12H15N3O/c1-9-4-2-3-5-12(9)10-6-11(16-8-10)7-14-15-13/h2-5,10-11H,6-8H2,1H3/t10-,11-/m0/s1. The minimum Gasteiger partial charge on any atom is -0.377 e. The largest absolute Gasteiger partial charge is 0.377 e. The Kier molecular flexibility index (Phi) is 3.44. The van der Waals surface area contributed by atoms with Gasteiger partial charge in [0.2, 0.25) is 0 Å². The summed E-state index contributed by atoms with van der Waals surface area (Å²) in [6, 6.07) is 8.38. The number of hydrogen-bond acceptors (Lipinski definition) is 2. The zero-order valence-electron chi connectivity index (χ0n) is 9.34. The predicted molar refractivity (Wildman–Crippen MR) is 62.3 cm³/mol. The molecular formula is C12H15N3O. The van der Waals surface area contributed by atoms with E-state index in [1.165, 1.54) is 11.1 Å². The first-order valence-corrected chi connectivity index (χ1v) is 5.49. The molecule has 0 aliphatic carbocycles. The molecule has 1 saturated heterocycles. The van der Waals surface area contributed by atoms with Gasteiger partial charge in [0, 0.05) is 10.8 Å². The van der Waals surface area contributed by atoms with Crippen molar-refractivity contribution in [1.29, 1.82) is 0 Å². The van der Waals surface area contributed by atoms with E-state index >= 15 is 0 Å². The topological polar surface area (TPSA) is 58.0 Å². The van der Waals surface area contributed by atoms with Crippen LogP contribution in [0.25, 0.3) is 10.4 Å². The second-order valence-electron chi connectivity index (χ2n) is 4.16. The first-order valence-electron chi connectivity index (χ1n) is 5.49. The normalized spacial score (nSPS) is 24.1. The maximum Gasteiger partial charge on any atom is 0.0638 e. The van der Waals surface area contributed by atoms with E-state index in [1.54, 1.807) is 0 Å². The van der Waals surface area contributed by atoms with Crippen molar-refractivity contribution >= 4 is 0 Å². The van der Waals surface area contributed by atoms with Crippen LogP contribution in [0.15, 0.2) is 29.4 Å². The molecule has 4 nitrogen and oxygen atoms in total. The molecular weight excluding hydrogens is 202 g/mol. The van der Waals surface area contributed by atoms with Crippen molar-refractivity contribution in [2.75, 3.05) is 13.2 Å². The molecule has 1 aromatic carbocycles. The Morgan fingerprint density at radius 3 is 3.06 bits per heavy atom. The zero-order chi connectivity index (χ0) is 11.4. The van der Waals surface area contributed by atoms with Crippen molar-refractivity contribution in [3.05, 3.63) is 45.8 Å². The van der Waals surface area contributed by atoms with Crippen molar-refractivity contribution in [3.8, 4) is 0 Å². The van der Waals surface area contributed by atoms with E-state index in [-0.39, 0.29) is 6.10 Å². The van der Waals surface area contributed by atoms with Gasteiger partial charge in [-0.3, -0.25) is 0 Å². The molecule has 0 bridgehead atoms. The molecule has 16 heavy (non-hydrogen) atoms. The summed E-state index contributed by atoms with van der Waals surface area (Å²) in [5.74, 6) is 0.445. The molecule has 1 aliphatic rings. The zero-order valence-corrected chi connectivity index (χ0v) is 9.34. The second kappa shape index (κ2) is 5.01. The van der Waals surface area contributed by atoms with Crippen LogP contribution in [0.4, 0.5) is 0 Å². The Hall–Kier alpha value is -1.51. The molecule has 1 fully saturated rings. The highest BCUT2D eigenvalue weighted by atomic mass is 16.5. The van der Waals surface area contributed by atoms with Crippen LogP contribution in [0.5, 0.6) is 0 Å².